The molecule has 1 aromatic heterocycles. The summed E-state index contributed by atoms with van der Waals surface area (Å²) in [6, 6.07) is 16.4. The first-order chi connectivity index (χ1) is 13.6. The van der Waals surface area contributed by atoms with Crippen LogP contribution in [0.4, 0.5) is 4.39 Å². The molecule has 28 heavy (non-hydrogen) atoms. The minimum atomic E-state index is -0.289. The third kappa shape index (κ3) is 3.82. The van der Waals surface area contributed by atoms with Gasteiger partial charge in [-0.2, -0.15) is 0 Å². The first kappa shape index (κ1) is 18.4. The fourth-order valence-corrected chi connectivity index (χ4v) is 4.21. The van der Waals surface area contributed by atoms with Crippen LogP contribution in [0.1, 0.15) is 17.0 Å². The van der Waals surface area contributed by atoms with E-state index in [9.17, 15) is 9.50 Å². The van der Waals surface area contributed by atoms with Gasteiger partial charge in [-0.05, 0) is 42.7 Å². The molecule has 3 aromatic rings. The molecule has 0 radical (unpaired) electrons. The lowest BCUT2D eigenvalue weighted by atomic mass is 10.1. The Morgan fingerprint density at radius 2 is 1.86 bits per heavy atom. The fraction of sp³-hybridized carbons (Fsp3) is 0.182. The lowest BCUT2D eigenvalue weighted by molar-refractivity contribution is 0.347. The number of nitrogens with zero attached hydrogens (tertiary/aromatic N) is 2. The van der Waals surface area contributed by atoms with Crippen LogP contribution in [-0.4, -0.2) is 33.9 Å². The van der Waals surface area contributed by atoms with Crippen molar-refractivity contribution < 1.29 is 9.50 Å². The largest absolute Gasteiger partial charge is 0.510 e. The highest BCUT2D eigenvalue weighted by Gasteiger charge is 2.29. The topological polar surface area (TPSA) is 60.2 Å². The normalized spacial score (nSPS) is 14.2. The van der Waals surface area contributed by atoms with Gasteiger partial charge in [0.1, 0.15) is 22.4 Å². The van der Waals surface area contributed by atoms with Crippen LogP contribution in [0.3, 0.4) is 0 Å². The summed E-state index contributed by atoms with van der Waals surface area (Å²) in [4.78, 5) is 6.45. The quantitative estimate of drug-likeness (QED) is 0.609. The third-order valence-electron chi connectivity index (χ3n) is 4.78. The molecule has 1 aliphatic heterocycles. The smallest absolute Gasteiger partial charge is 0.135 e. The number of benzene rings is 2. The first-order valence-electron chi connectivity index (χ1n) is 9.13. The molecule has 4 nitrogen and oxygen atoms in total. The van der Waals surface area contributed by atoms with Crippen LogP contribution >= 0.6 is 11.3 Å². The van der Waals surface area contributed by atoms with Gasteiger partial charge in [-0.3, -0.25) is 5.41 Å². The van der Waals surface area contributed by atoms with Gasteiger partial charge in [0.15, 0.2) is 0 Å². The molecule has 2 heterocycles. The molecule has 2 aromatic carbocycles. The Hall–Kier alpha value is -2.99. The van der Waals surface area contributed by atoms with Crippen LogP contribution in [-0.2, 0) is 6.42 Å². The van der Waals surface area contributed by atoms with Gasteiger partial charge in [0.25, 0.3) is 0 Å². The van der Waals surface area contributed by atoms with Gasteiger partial charge >= 0.3 is 0 Å². The summed E-state index contributed by atoms with van der Waals surface area (Å²) in [7, 11) is 0. The second-order valence-electron chi connectivity index (χ2n) is 6.73. The predicted octanol–water partition coefficient (Wildman–Crippen LogP) is 5.14. The molecule has 6 heteroatoms. The Morgan fingerprint density at radius 3 is 2.61 bits per heavy atom. The van der Waals surface area contributed by atoms with E-state index in [0.717, 1.165) is 24.1 Å². The summed E-state index contributed by atoms with van der Waals surface area (Å²) in [5.74, 6) is 0.207. The summed E-state index contributed by atoms with van der Waals surface area (Å²) in [6.45, 7) is 1.05. The molecule has 0 unspecified atom stereocenters. The van der Waals surface area contributed by atoms with Gasteiger partial charge in [-0.25, -0.2) is 9.37 Å². The molecular formula is C22H20FN3OS. The molecule has 0 aliphatic carbocycles. The number of hydrogen-bond acceptors (Lipinski definition) is 4. The van der Waals surface area contributed by atoms with Crippen LogP contribution < -0.4 is 0 Å². The van der Waals surface area contributed by atoms with Crippen LogP contribution in [0.2, 0.25) is 0 Å². The van der Waals surface area contributed by atoms with Crippen molar-refractivity contribution in [1.29, 1.82) is 5.41 Å². The zero-order valence-electron chi connectivity index (χ0n) is 15.2. The molecule has 0 amide bonds. The third-order valence-corrected chi connectivity index (χ3v) is 5.64. The fourth-order valence-electron chi connectivity index (χ4n) is 3.31. The minimum Gasteiger partial charge on any atom is -0.510 e. The Balaban J connectivity index is 1.43. The molecular weight excluding hydrogens is 373 g/mol. The average Bonchev–Trinajstić information content (AvgIpc) is 3.28. The molecule has 4 rings (SSSR count). The average molecular weight is 393 g/mol. The Morgan fingerprint density at radius 1 is 1.11 bits per heavy atom. The Kier molecular flexibility index (Phi) is 5.21. The zero-order valence-corrected chi connectivity index (χ0v) is 16.0. The van der Waals surface area contributed by atoms with Crippen molar-refractivity contribution in [3.63, 3.8) is 0 Å². The predicted molar refractivity (Wildman–Crippen MR) is 111 cm³/mol. The van der Waals surface area contributed by atoms with Gasteiger partial charge in [-0.1, -0.05) is 30.3 Å². The van der Waals surface area contributed by atoms with Gasteiger partial charge in [-0.15, -0.1) is 11.3 Å². The number of aryl methyl sites for hydroxylation is 1. The Bertz CT molecular complexity index is 1010. The highest BCUT2D eigenvalue weighted by molar-refractivity contribution is 7.11. The summed E-state index contributed by atoms with van der Waals surface area (Å²) in [6.07, 6.45) is 1.85. The number of amidine groups is 1. The van der Waals surface area contributed by atoms with E-state index < -0.39 is 0 Å². The molecule has 0 saturated carbocycles. The van der Waals surface area contributed by atoms with Crippen molar-refractivity contribution in [1.82, 2.24) is 9.88 Å². The van der Waals surface area contributed by atoms with Crippen LogP contribution in [0.5, 0.6) is 0 Å². The summed E-state index contributed by atoms with van der Waals surface area (Å²) in [5, 5.41) is 21.4. The van der Waals surface area contributed by atoms with E-state index in [2.05, 4.69) is 17.1 Å². The van der Waals surface area contributed by atoms with E-state index in [4.69, 9.17) is 5.41 Å². The molecule has 0 atom stereocenters. The minimum absolute atomic E-state index is 0.185. The number of rotatable bonds is 6. The van der Waals surface area contributed by atoms with Gasteiger partial charge in [0.2, 0.25) is 0 Å². The standard InChI is InChI=1S/C22H20FN3OS/c23-17-10-8-16(9-11-17)18-14-28-22(25-18)20-19(27)13-26(21(20)24)12-4-7-15-5-2-1-3-6-15/h1-3,5-6,8-11,14,24,27H,4,7,12-13H2. The van der Waals surface area contributed by atoms with Gasteiger partial charge in [0, 0.05) is 17.5 Å². The second kappa shape index (κ2) is 7.94. The van der Waals surface area contributed by atoms with Crippen LogP contribution in [0.15, 0.2) is 65.7 Å². The van der Waals surface area contributed by atoms with Crippen molar-refractivity contribution in [2.45, 2.75) is 12.8 Å². The van der Waals surface area contributed by atoms with Crippen LogP contribution in [0, 0.1) is 11.2 Å². The Labute approximate surface area is 167 Å². The SMILES string of the molecule is N=C1C(c2nc(-c3ccc(F)cc3)cs2)=C(O)CN1CCCc1ccccc1. The number of thiazole rings is 1. The summed E-state index contributed by atoms with van der Waals surface area (Å²) < 4.78 is 13.1. The lowest BCUT2D eigenvalue weighted by Gasteiger charge is -2.18. The van der Waals surface area contributed by atoms with Crippen molar-refractivity contribution in [2.24, 2.45) is 0 Å². The van der Waals surface area contributed by atoms with E-state index in [1.165, 1.54) is 29.0 Å². The second-order valence-corrected chi connectivity index (χ2v) is 7.58. The van der Waals surface area contributed by atoms with Gasteiger partial charge < -0.3 is 10.0 Å². The molecule has 0 fully saturated rings. The summed E-state index contributed by atoms with van der Waals surface area (Å²) >= 11 is 1.39. The van der Waals surface area contributed by atoms with E-state index in [0.29, 0.717) is 29.5 Å². The van der Waals surface area contributed by atoms with Crippen molar-refractivity contribution in [2.75, 3.05) is 13.1 Å². The van der Waals surface area contributed by atoms with Gasteiger partial charge in [0.05, 0.1) is 17.8 Å². The maximum atomic E-state index is 13.1. The zero-order chi connectivity index (χ0) is 19.5. The molecule has 1 aliphatic rings. The lowest BCUT2D eigenvalue weighted by Crippen LogP contribution is -2.28. The molecule has 0 saturated heterocycles. The number of nitrogens with one attached hydrogen (secondary N) is 1. The van der Waals surface area contributed by atoms with Crippen molar-refractivity contribution >= 4 is 22.7 Å². The van der Waals surface area contributed by atoms with E-state index >= 15 is 0 Å². The molecule has 142 valence electrons. The number of halogens is 1. The maximum Gasteiger partial charge on any atom is 0.135 e. The molecule has 0 spiro atoms. The molecule has 0 bridgehead atoms. The number of aliphatic hydroxyl groups excluding tert-OH is 1. The van der Waals surface area contributed by atoms with E-state index in [-0.39, 0.29) is 11.6 Å². The highest BCUT2D eigenvalue weighted by Crippen LogP contribution is 2.32. The number of aromatic nitrogens is 1. The first-order valence-corrected chi connectivity index (χ1v) is 10.0. The summed E-state index contributed by atoms with van der Waals surface area (Å²) in [5.41, 5.74) is 3.30. The van der Waals surface area contributed by atoms with Crippen molar-refractivity contribution in [3.05, 3.63) is 82.1 Å². The van der Waals surface area contributed by atoms with E-state index in [1.54, 1.807) is 12.1 Å². The van der Waals surface area contributed by atoms with E-state index in [1.807, 2.05) is 28.5 Å². The highest BCUT2D eigenvalue weighted by atomic mass is 32.1. The van der Waals surface area contributed by atoms with Crippen LogP contribution in [0.25, 0.3) is 16.8 Å². The number of hydrogen-bond donors (Lipinski definition) is 2. The van der Waals surface area contributed by atoms with Crippen molar-refractivity contribution in [3.8, 4) is 11.3 Å². The number of aliphatic hydroxyl groups is 1. The monoisotopic (exact) mass is 393 g/mol. The molecule has 2 N–H and O–H groups in total. The maximum absolute atomic E-state index is 13.1.